The van der Waals surface area contributed by atoms with Crippen LogP contribution in [0.15, 0.2) is 30.5 Å². The standard InChI is InChI=1S/C17H21N3O3/c1-10(2)20-8-7-14(19-20)16(21)18-15(17(22)23)13-6-5-11(3)12(4)9-13/h5-10,15H,1-4H3,(H,18,21)(H,22,23). The summed E-state index contributed by atoms with van der Waals surface area (Å²) in [4.78, 5) is 23.8. The van der Waals surface area contributed by atoms with Gasteiger partial charge < -0.3 is 10.4 Å². The third kappa shape index (κ3) is 3.77. The molecule has 1 aromatic carbocycles. The lowest BCUT2D eigenvalue weighted by molar-refractivity contribution is -0.139. The molecule has 0 spiro atoms. The van der Waals surface area contributed by atoms with Crippen molar-refractivity contribution in [3.05, 3.63) is 52.8 Å². The number of benzene rings is 1. The van der Waals surface area contributed by atoms with Crippen LogP contribution in [-0.4, -0.2) is 26.8 Å². The molecule has 23 heavy (non-hydrogen) atoms. The molecule has 122 valence electrons. The molecule has 2 N–H and O–H groups in total. The van der Waals surface area contributed by atoms with E-state index in [1.165, 1.54) is 0 Å². The van der Waals surface area contributed by atoms with Gasteiger partial charge in [0.1, 0.15) is 5.69 Å². The predicted octanol–water partition coefficient (Wildman–Crippen LogP) is 2.64. The summed E-state index contributed by atoms with van der Waals surface area (Å²) in [6, 6.07) is 5.95. The molecule has 0 aliphatic rings. The van der Waals surface area contributed by atoms with Crippen LogP contribution in [0.2, 0.25) is 0 Å². The minimum absolute atomic E-state index is 0.131. The Hall–Kier alpha value is -2.63. The van der Waals surface area contributed by atoms with E-state index in [-0.39, 0.29) is 11.7 Å². The number of aromatic nitrogens is 2. The number of carbonyl (C=O) groups excluding carboxylic acids is 1. The third-order valence-corrected chi connectivity index (χ3v) is 3.76. The van der Waals surface area contributed by atoms with Crippen molar-refractivity contribution < 1.29 is 14.7 Å². The summed E-state index contributed by atoms with van der Waals surface area (Å²) in [6.07, 6.45) is 1.70. The summed E-state index contributed by atoms with van der Waals surface area (Å²) in [6.45, 7) is 7.75. The van der Waals surface area contributed by atoms with Crippen molar-refractivity contribution in [1.82, 2.24) is 15.1 Å². The number of carboxylic acid groups (broad SMARTS) is 1. The number of nitrogens with one attached hydrogen (secondary N) is 1. The van der Waals surface area contributed by atoms with Gasteiger partial charge in [-0.1, -0.05) is 18.2 Å². The lowest BCUT2D eigenvalue weighted by atomic mass is 10.0. The van der Waals surface area contributed by atoms with Crippen molar-refractivity contribution in [3.63, 3.8) is 0 Å². The van der Waals surface area contributed by atoms with Crippen LogP contribution < -0.4 is 5.32 Å². The highest BCUT2D eigenvalue weighted by Gasteiger charge is 2.24. The zero-order chi connectivity index (χ0) is 17.1. The van der Waals surface area contributed by atoms with Gasteiger partial charge in [-0.15, -0.1) is 0 Å². The Bertz CT molecular complexity index is 734. The van der Waals surface area contributed by atoms with Crippen LogP contribution in [0.5, 0.6) is 0 Å². The lowest BCUT2D eigenvalue weighted by Crippen LogP contribution is -2.34. The largest absolute Gasteiger partial charge is 0.479 e. The molecule has 1 heterocycles. The summed E-state index contributed by atoms with van der Waals surface area (Å²) >= 11 is 0. The van der Waals surface area contributed by atoms with E-state index in [9.17, 15) is 14.7 Å². The first-order chi connectivity index (χ1) is 10.8. The Morgan fingerprint density at radius 2 is 1.87 bits per heavy atom. The van der Waals surface area contributed by atoms with E-state index < -0.39 is 17.9 Å². The number of aliphatic carboxylic acids is 1. The Balaban J connectivity index is 2.23. The second-order valence-corrected chi connectivity index (χ2v) is 5.86. The molecule has 0 bridgehead atoms. The number of rotatable bonds is 5. The maximum absolute atomic E-state index is 12.3. The molecular formula is C17H21N3O3. The minimum atomic E-state index is -1.11. The van der Waals surface area contributed by atoms with E-state index in [4.69, 9.17) is 0 Å². The molecule has 6 nitrogen and oxygen atoms in total. The molecule has 1 amide bonds. The van der Waals surface area contributed by atoms with E-state index in [1.54, 1.807) is 29.1 Å². The van der Waals surface area contributed by atoms with Crippen LogP contribution in [0.1, 0.15) is 53.1 Å². The van der Waals surface area contributed by atoms with Crippen LogP contribution in [0.25, 0.3) is 0 Å². The van der Waals surface area contributed by atoms with Crippen molar-refractivity contribution in [2.24, 2.45) is 0 Å². The summed E-state index contributed by atoms with van der Waals surface area (Å²) in [5.74, 6) is -1.61. The van der Waals surface area contributed by atoms with E-state index >= 15 is 0 Å². The van der Waals surface area contributed by atoms with Crippen molar-refractivity contribution >= 4 is 11.9 Å². The van der Waals surface area contributed by atoms with Crippen LogP contribution in [0, 0.1) is 13.8 Å². The Morgan fingerprint density at radius 3 is 2.39 bits per heavy atom. The number of nitrogens with zero attached hydrogens (tertiary/aromatic N) is 2. The molecule has 1 atom stereocenters. The van der Waals surface area contributed by atoms with Gasteiger partial charge in [-0.3, -0.25) is 9.48 Å². The highest BCUT2D eigenvalue weighted by atomic mass is 16.4. The van der Waals surface area contributed by atoms with Gasteiger partial charge in [0.25, 0.3) is 5.91 Å². The Morgan fingerprint density at radius 1 is 1.17 bits per heavy atom. The second-order valence-electron chi connectivity index (χ2n) is 5.86. The average molecular weight is 315 g/mol. The van der Waals surface area contributed by atoms with Crippen LogP contribution >= 0.6 is 0 Å². The summed E-state index contributed by atoms with van der Waals surface area (Å²) in [5.41, 5.74) is 2.79. The first kappa shape index (κ1) is 16.7. The number of carbonyl (C=O) groups is 2. The zero-order valence-electron chi connectivity index (χ0n) is 13.7. The number of aryl methyl sites for hydroxylation is 2. The molecule has 1 unspecified atom stereocenters. The quantitative estimate of drug-likeness (QED) is 0.888. The molecule has 6 heteroatoms. The first-order valence-corrected chi connectivity index (χ1v) is 7.45. The van der Waals surface area contributed by atoms with Gasteiger partial charge in [0.15, 0.2) is 6.04 Å². The fraction of sp³-hybridized carbons (Fsp3) is 0.353. The van der Waals surface area contributed by atoms with E-state index in [0.717, 1.165) is 11.1 Å². The molecule has 2 rings (SSSR count). The van der Waals surface area contributed by atoms with Gasteiger partial charge in [-0.2, -0.15) is 5.10 Å². The monoisotopic (exact) mass is 315 g/mol. The van der Waals surface area contributed by atoms with Gasteiger partial charge in [0.05, 0.1) is 0 Å². The molecule has 1 aromatic heterocycles. The molecule has 0 saturated carbocycles. The SMILES string of the molecule is Cc1ccc(C(NC(=O)c2ccn(C(C)C)n2)C(=O)O)cc1C. The maximum atomic E-state index is 12.3. The molecule has 0 radical (unpaired) electrons. The number of hydrogen-bond acceptors (Lipinski definition) is 3. The molecule has 0 aliphatic heterocycles. The average Bonchev–Trinajstić information content (AvgIpc) is 2.97. The maximum Gasteiger partial charge on any atom is 0.330 e. The van der Waals surface area contributed by atoms with Gasteiger partial charge in [-0.05, 0) is 50.5 Å². The first-order valence-electron chi connectivity index (χ1n) is 7.45. The predicted molar refractivity (Wildman–Crippen MR) is 86.4 cm³/mol. The number of carboxylic acids is 1. The van der Waals surface area contributed by atoms with Crippen molar-refractivity contribution in [3.8, 4) is 0 Å². The fourth-order valence-corrected chi connectivity index (χ4v) is 2.18. The molecule has 0 aliphatic carbocycles. The summed E-state index contributed by atoms with van der Waals surface area (Å²) in [7, 11) is 0. The Kier molecular flexibility index (Phi) is 4.83. The topological polar surface area (TPSA) is 84.2 Å². The summed E-state index contributed by atoms with van der Waals surface area (Å²) < 4.78 is 1.65. The van der Waals surface area contributed by atoms with Crippen LogP contribution in [-0.2, 0) is 4.79 Å². The minimum Gasteiger partial charge on any atom is -0.479 e. The number of amides is 1. The number of hydrogen-bond donors (Lipinski definition) is 2. The molecular weight excluding hydrogens is 294 g/mol. The van der Waals surface area contributed by atoms with Gasteiger partial charge in [-0.25, -0.2) is 4.79 Å². The van der Waals surface area contributed by atoms with Crippen molar-refractivity contribution in [2.45, 2.75) is 39.8 Å². The van der Waals surface area contributed by atoms with Crippen LogP contribution in [0.3, 0.4) is 0 Å². The van der Waals surface area contributed by atoms with E-state index in [0.29, 0.717) is 5.56 Å². The van der Waals surface area contributed by atoms with E-state index in [2.05, 4.69) is 10.4 Å². The third-order valence-electron chi connectivity index (χ3n) is 3.76. The fourth-order valence-electron chi connectivity index (χ4n) is 2.18. The van der Waals surface area contributed by atoms with Gasteiger partial charge in [0, 0.05) is 12.2 Å². The Labute approximate surface area is 135 Å². The van der Waals surface area contributed by atoms with Gasteiger partial charge in [0.2, 0.25) is 0 Å². The molecule has 0 fully saturated rings. The van der Waals surface area contributed by atoms with Crippen LogP contribution in [0.4, 0.5) is 0 Å². The van der Waals surface area contributed by atoms with Crippen molar-refractivity contribution in [1.29, 1.82) is 0 Å². The summed E-state index contributed by atoms with van der Waals surface area (Å²) in [5, 5.41) is 16.1. The second kappa shape index (κ2) is 6.64. The highest BCUT2D eigenvalue weighted by molar-refractivity contribution is 5.95. The van der Waals surface area contributed by atoms with Gasteiger partial charge >= 0.3 is 5.97 Å². The normalized spacial score (nSPS) is 12.2. The highest BCUT2D eigenvalue weighted by Crippen LogP contribution is 2.18. The zero-order valence-corrected chi connectivity index (χ0v) is 13.7. The van der Waals surface area contributed by atoms with Crippen molar-refractivity contribution in [2.75, 3.05) is 0 Å². The lowest BCUT2D eigenvalue weighted by Gasteiger charge is -2.15. The molecule has 0 saturated heterocycles. The smallest absolute Gasteiger partial charge is 0.330 e. The molecule has 2 aromatic rings. The van der Waals surface area contributed by atoms with E-state index in [1.807, 2.05) is 33.8 Å².